The molecule has 0 saturated heterocycles. The molecule has 0 radical (unpaired) electrons. The summed E-state index contributed by atoms with van der Waals surface area (Å²) in [5, 5.41) is 16.8. The van der Waals surface area contributed by atoms with Crippen LogP contribution in [0.4, 0.5) is 5.69 Å². The van der Waals surface area contributed by atoms with Gasteiger partial charge in [-0.2, -0.15) is 0 Å². The first-order chi connectivity index (χ1) is 26.6. The van der Waals surface area contributed by atoms with Crippen molar-refractivity contribution < 1.29 is 9.90 Å². The Morgan fingerprint density at radius 2 is 1.44 bits per heavy atom. The van der Waals surface area contributed by atoms with Gasteiger partial charge in [-0.25, -0.2) is 4.79 Å². The maximum absolute atomic E-state index is 14.6. The van der Waals surface area contributed by atoms with E-state index >= 15 is 0 Å². The topological polar surface area (TPSA) is 114 Å². The molecule has 55 heavy (non-hydrogen) atoms. The molecule has 1 aliphatic heterocycles. The van der Waals surface area contributed by atoms with Crippen LogP contribution in [0.25, 0.3) is 21.8 Å². The van der Waals surface area contributed by atoms with Crippen LogP contribution in [0.15, 0.2) is 136 Å². The quantitative estimate of drug-likeness (QED) is 0.132. The van der Waals surface area contributed by atoms with E-state index in [0.717, 1.165) is 53.2 Å². The highest BCUT2D eigenvalue weighted by Gasteiger charge is 2.40. The van der Waals surface area contributed by atoms with Gasteiger partial charge < -0.3 is 19.9 Å². The number of hydrogen-bond acceptors (Lipinski definition) is 5. The van der Waals surface area contributed by atoms with E-state index in [-0.39, 0.29) is 29.8 Å². The van der Waals surface area contributed by atoms with E-state index in [2.05, 4.69) is 59.4 Å². The lowest BCUT2D eigenvalue weighted by molar-refractivity contribution is 0.0614. The standard InChI is InChI=1S/C45H42N6O4/c1-28-18-21-31(22-19-28)47-41(39-43(53)49(3)45(55)50(4)44(39)54)46-27-36-32-14-8-9-16-34(32)42(52)51(25-24-29-12-6-5-7-13-29)40(36)30-20-23-38-35(26-30)33-15-10-11-17-37(33)48(38)2/h5-23,26,36,40,53H,24-25,27H2,1-4H3,(H,46,47). The number of carbonyl (C=O) groups excluding carboxylic acids is 1. The van der Waals surface area contributed by atoms with E-state index < -0.39 is 23.2 Å². The van der Waals surface area contributed by atoms with Crippen molar-refractivity contribution in [3.8, 4) is 5.88 Å². The van der Waals surface area contributed by atoms with Crippen LogP contribution in [0, 0.1) is 6.92 Å². The molecule has 2 N–H and O–H groups in total. The highest BCUT2D eigenvalue weighted by molar-refractivity contribution is 6.10. The molecule has 1 amide bonds. The highest BCUT2D eigenvalue weighted by Crippen LogP contribution is 2.44. The summed E-state index contributed by atoms with van der Waals surface area (Å²) in [4.78, 5) is 48.3. The third kappa shape index (κ3) is 6.29. The van der Waals surface area contributed by atoms with Crippen LogP contribution in [0.3, 0.4) is 0 Å². The number of rotatable bonds is 8. The van der Waals surface area contributed by atoms with Gasteiger partial charge in [0.1, 0.15) is 11.4 Å². The number of benzene rings is 5. The second-order valence-electron chi connectivity index (χ2n) is 14.3. The van der Waals surface area contributed by atoms with Gasteiger partial charge in [0, 0.05) is 66.7 Å². The van der Waals surface area contributed by atoms with E-state index in [9.17, 15) is 19.5 Å². The summed E-state index contributed by atoms with van der Waals surface area (Å²) >= 11 is 0. The minimum Gasteiger partial charge on any atom is -0.494 e. The Hall–Kier alpha value is -6.68. The van der Waals surface area contributed by atoms with Crippen LogP contribution >= 0.6 is 0 Å². The number of para-hydroxylation sites is 1. The number of nitrogens with zero attached hydrogens (tertiary/aromatic N) is 5. The number of fused-ring (bicyclic) bond motifs is 4. The monoisotopic (exact) mass is 730 g/mol. The van der Waals surface area contributed by atoms with Crippen molar-refractivity contribution in [1.29, 1.82) is 0 Å². The molecule has 0 aliphatic carbocycles. The fraction of sp³-hybridized carbons (Fsp3) is 0.200. The molecule has 0 saturated carbocycles. The zero-order valence-electron chi connectivity index (χ0n) is 31.2. The largest absolute Gasteiger partial charge is 0.494 e. The van der Waals surface area contributed by atoms with Gasteiger partial charge in [-0.05, 0) is 66.4 Å². The molecule has 1 aliphatic rings. The van der Waals surface area contributed by atoms with Gasteiger partial charge >= 0.3 is 5.69 Å². The highest BCUT2D eigenvalue weighted by atomic mass is 16.3. The molecule has 8 rings (SSSR count). The van der Waals surface area contributed by atoms with E-state index in [1.54, 1.807) is 0 Å². The second kappa shape index (κ2) is 14.3. The van der Waals surface area contributed by atoms with Gasteiger partial charge in [-0.15, -0.1) is 0 Å². The Morgan fingerprint density at radius 3 is 2.22 bits per heavy atom. The molecule has 2 aromatic heterocycles. The number of aliphatic imine (C=N–C) groups is 1. The molecule has 10 heteroatoms. The summed E-state index contributed by atoms with van der Waals surface area (Å²) < 4.78 is 4.18. The Labute approximate surface area is 318 Å². The Morgan fingerprint density at radius 1 is 0.745 bits per heavy atom. The van der Waals surface area contributed by atoms with Gasteiger partial charge in [0.25, 0.3) is 11.5 Å². The number of amidine groups is 1. The molecule has 0 bridgehead atoms. The number of nitrogens with one attached hydrogen (secondary N) is 1. The maximum Gasteiger partial charge on any atom is 0.333 e. The smallest absolute Gasteiger partial charge is 0.333 e. The van der Waals surface area contributed by atoms with E-state index in [1.165, 1.54) is 14.1 Å². The van der Waals surface area contributed by atoms with Gasteiger partial charge in [0.05, 0.1) is 12.6 Å². The van der Waals surface area contributed by atoms with Crippen LogP contribution in [0.5, 0.6) is 5.88 Å². The summed E-state index contributed by atoms with van der Waals surface area (Å²) in [6.45, 7) is 2.59. The van der Waals surface area contributed by atoms with Crippen molar-refractivity contribution in [2.45, 2.75) is 25.3 Å². The van der Waals surface area contributed by atoms with Crippen molar-refractivity contribution in [1.82, 2.24) is 18.6 Å². The first-order valence-corrected chi connectivity index (χ1v) is 18.4. The maximum atomic E-state index is 14.6. The Bertz CT molecular complexity index is 2740. The zero-order chi connectivity index (χ0) is 38.4. The summed E-state index contributed by atoms with van der Waals surface area (Å²) in [6, 6.07) is 39.8. The number of aryl methyl sites for hydroxylation is 2. The molecule has 3 heterocycles. The third-order valence-electron chi connectivity index (χ3n) is 11.0. The van der Waals surface area contributed by atoms with E-state index in [4.69, 9.17) is 4.99 Å². The third-order valence-corrected chi connectivity index (χ3v) is 11.0. The molecule has 7 aromatic rings. The minimum absolute atomic E-state index is 0.0580. The molecule has 2 unspecified atom stereocenters. The predicted molar refractivity (Wildman–Crippen MR) is 218 cm³/mol. The van der Waals surface area contributed by atoms with Crippen LogP contribution < -0.4 is 16.6 Å². The first-order valence-electron chi connectivity index (χ1n) is 18.4. The summed E-state index contributed by atoms with van der Waals surface area (Å²) in [5.74, 6) is -0.790. The molecule has 2 atom stereocenters. The van der Waals surface area contributed by atoms with Crippen LogP contribution in [0.2, 0.25) is 0 Å². The second-order valence-corrected chi connectivity index (χ2v) is 14.3. The van der Waals surface area contributed by atoms with Gasteiger partial charge in [-0.3, -0.25) is 23.7 Å². The summed E-state index contributed by atoms with van der Waals surface area (Å²) in [6.07, 6.45) is 0.653. The lowest BCUT2D eigenvalue weighted by Gasteiger charge is -2.42. The van der Waals surface area contributed by atoms with Crippen molar-refractivity contribution >= 4 is 39.2 Å². The molecule has 276 valence electrons. The fourth-order valence-corrected chi connectivity index (χ4v) is 7.98. The van der Waals surface area contributed by atoms with Crippen LogP contribution in [0.1, 0.15) is 50.1 Å². The van der Waals surface area contributed by atoms with Crippen LogP contribution in [-0.2, 0) is 27.6 Å². The normalized spacial score (nSPS) is 15.8. The number of aromatic nitrogens is 3. The fourth-order valence-electron chi connectivity index (χ4n) is 7.98. The van der Waals surface area contributed by atoms with Gasteiger partial charge in [0.15, 0.2) is 0 Å². The predicted octanol–water partition coefficient (Wildman–Crippen LogP) is 6.83. The number of amides is 1. The number of anilines is 1. The Kier molecular flexibility index (Phi) is 9.18. The zero-order valence-corrected chi connectivity index (χ0v) is 31.2. The van der Waals surface area contributed by atoms with Gasteiger partial charge in [-0.1, -0.05) is 90.5 Å². The van der Waals surface area contributed by atoms with Crippen molar-refractivity contribution in [2.75, 3.05) is 18.4 Å². The molecule has 5 aromatic carbocycles. The molecular formula is C45H42N6O4. The van der Waals surface area contributed by atoms with Crippen LogP contribution in [-0.4, -0.2) is 48.5 Å². The van der Waals surface area contributed by atoms with E-state index in [0.29, 0.717) is 24.2 Å². The summed E-state index contributed by atoms with van der Waals surface area (Å²) in [7, 11) is 4.86. The van der Waals surface area contributed by atoms with Gasteiger partial charge in [0.2, 0.25) is 5.88 Å². The first kappa shape index (κ1) is 35.4. The summed E-state index contributed by atoms with van der Waals surface area (Å²) in [5.41, 5.74) is 5.99. The van der Waals surface area contributed by atoms with Crippen molar-refractivity contribution in [3.05, 3.63) is 176 Å². The van der Waals surface area contributed by atoms with E-state index in [1.807, 2.05) is 90.7 Å². The average Bonchev–Trinajstić information content (AvgIpc) is 3.50. The number of carbonyl (C=O) groups is 1. The lowest BCUT2D eigenvalue weighted by Crippen LogP contribution is -2.45. The molecule has 0 fully saturated rings. The average molecular weight is 731 g/mol. The lowest BCUT2D eigenvalue weighted by atomic mass is 9.79. The Balaban J connectivity index is 1.32. The molecule has 0 spiro atoms. The SMILES string of the molecule is Cc1ccc(NC(=NCC2c3ccccc3C(=O)N(CCc3ccccc3)C2c2ccc3c(c2)c2ccccc2n3C)c2c(O)n(C)c(=O)n(C)c2=O)cc1. The van der Waals surface area contributed by atoms with Crippen molar-refractivity contribution in [3.63, 3.8) is 0 Å². The van der Waals surface area contributed by atoms with Crippen molar-refractivity contribution in [2.24, 2.45) is 26.1 Å². The number of aromatic hydroxyl groups is 1. The molecular weight excluding hydrogens is 689 g/mol. The number of hydrogen-bond donors (Lipinski definition) is 2. The minimum atomic E-state index is -0.680. The molecule has 10 nitrogen and oxygen atoms in total.